The van der Waals surface area contributed by atoms with Gasteiger partial charge in [0.05, 0.1) is 17.1 Å². The topological polar surface area (TPSA) is 26.3 Å². The number of rotatable bonds is 2. The predicted molar refractivity (Wildman–Crippen MR) is 53.8 cm³/mol. The molecular weight excluding hydrogens is 288 g/mol. The monoisotopic (exact) mass is 292 g/mol. The molecule has 4 heteroatoms. The average Bonchev–Trinajstić information content (AvgIpc) is 2.09. The summed E-state index contributed by atoms with van der Waals surface area (Å²) < 4.78 is 6.66. The molecule has 0 fully saturated rings. The van der Waals surface area contributed by atoms with Gasteiger partial charge in [-0.05, 0) is 44.0 Å². The molecule has 1 aromatic rings. The minimum atomic E-state index is 0.535. The zero-order valence-corrected chi connectivity index (χ0v) is 9.48. The Morgan fingerprint density at radius 1 is 1.42 bits per heavy atom. The number of methoxy groups -OCH3 is 1. The van der Waals surface area contributed by atoms with Crippen LogP contribution in [0.25, 0.3) is 0 Å². The summed E-state index contributed by atoms with van der Waals surface area (Å²) in [5.74, 6) is 0.555. The van der Waals surface area contributed by atoms with Gasteiger partial charge >= 0.3 is 0 Å². The van der Waals surface area contributed by atoms with Gasteiger partial charge in [0.1, 0.15) is 5.75 Å². The summed E-state index contributed by atoms with van der Waals surface area (Å²) >= 11 is 6.61. The normalized spacial score (nSPS) is 9.58. The summed E-state index contributed by atoms with van der Waals surface area (Å²) in [6.45, 7) is 0. The lowest BCUT2D eigenvalue weighted by molar-refractivity contribution is 0.112. The molecule has 12 heavy (non-hydrogen) atoms. The fourth-order valence-electron chi connectivity index (χ4n) is 0.847. The highest BCUT2D eigenvalue weighted by molar-refractivity contribution is 9.13. The predicted octanol–water partition coefficient (Wildman–Crippen LogP) is 3.03. The Morgan fingerprint density at radius 2 is 2.08 bits per heavy atom. The molecule has 0 bridgehead atoms. The molecule has 0 N–H and O–H groups in total. The molecule has 0 radical (unpaired) electrons. The van der Waals surface area contributed by atoms with Crippen molar-refractivity contribution in [3.63, 3.8) is 0 Å². The van der Waals surface area contributed by atoms with E-state index in [1.54, 1.807) is 12.1 Å². The fraction of sp³-hybridized carbons (Fsp3) is 0.125. The Labute approximate surface area is 87.2 Å². The quantitative estimate of drug-likeness (QED) is 0.784. The van der Waals surface area contributed by atoms with Crippen molar-refractivity contribution in [2.24, 2.45) is 0 Å². The van der Waals surface area contributed by atoms with Gasteiger partial charge in [0, 0.05) is 4.47 Å². The maximum absolute atomic E-state index is 10.5. The van der Waals surface area contributed by atoms with Crippen molar-refractivity contribution in [3.8, 4) is 5.75 Å². The maximum atomic E-state index is 10.5. The van der Waals surface area contributed by atoms with E-state index in [-0.39, 0.29) is 0 Å². The molecule has 0 aliphatic rings. The summed E-state index contributed by atoms with van der Waals surface area (Å²) in [5.41, 5.74) is 0.535. The molecule has 0 spiro atoms. The number of hydrogen-bond donors (Lipinski definition) is 0. The third-order valence-corrected chi connectivity index (χ3v) is 3.39. The lowest BCUT2D eigenvalue weighted by atomic mass is 10.2. The lowest BCUT2D eigenvalue weighted by Crippen LogP contribution is -1.91. The SMILES string of the molecule is COc1c(C=O)ccc(Br)c1Br. The van der Waals surface area contributed by atoms with Crippen LogP contribution in [0.3, 0.4) is 0 Å². The Kier molecular flexibility index (Phi) is 3.29. The third kappa shape index (κ3) is 1.69. The Hall–Kier alpha value is -0.350. The molecule has 0 heterocycles. The minimum absolute atomic E-state index is 0.535. The second-order valence-electron chi connectivity index (χ2n) is 2.10. The summed E-state index contributed by atoms with van der Waals surface area (Å²) in [5, 5.41) is 0. The van der Waals surface area contributed by atoms with Gasteiger partial charge < -0.3 is 4.74 Å². The van der Waals surface area contributed by atoms with Crippen molar-refractivity contribution in [2.45, 2.75) is 0 Å². The number of benzene rings is 1. The Balaban J connectivity index is 3.35. The minimum Gasteiger partial charge on any atom is -0.495 e. The number of aldehydes is 1. The van der Waals surface area contributed by atoms with E-state index in [1.807, 2.05) is 0 Å². The van der Waals surface area contributed by atoms with Gasteiger partial charge in [-0.15, -0.1) is 0 Å². The molecule has 0 unspecified atom stereocenters. The van der Waals surface area contributed by atoms with Crippen molar-refractivity contribution >= 4 is 38.1 Å². The first-order valence-corrected chi connectivity index (χ1v) is 4.76. The van der Waals surface area contributed by atoms with E-state index in [0.29, 0.717) is 11.3 Å². The van der Waals surface area contributed by atoms with E-state index in [0.717, 1.165) is 15.2 Å². The van der Waals surface area contributed by atoms with Gasteiger partial charge in [0.25, 0.3) is 0 Å². The summed E-state index contributed by atoms with van der Waals surface area (Å²) in [4.78, 5) is 10.5. The zero-order valence-electron chi connectivity index (χ0n) is 6.30. The van der Waals surface area contributed by atoms with Crippen molar-refractivity contribution in [1.82, 2.24) is 0 Å². The van der Waals surface area contributed by atoms with Crippen LogP contribution < -0.4 is 4.74 Å². The zero-order chi connectivity index (χ0) is 9.14. The number of hydrogen-bond acceptors (Lipinski definition) is 2. The smallest absolute Gasteiger partial charge is 0.153 e. The average molecular weight is 294 g/mol. The van der Waals surface area contributed by atoms with Crippen LogP contribution >= 0.6 is 31.9 Å². The van der Waals surface area contributed by atoms with E-state index in [2.05, 4.69) is 31.9 Å². The maximum Gasteiger partial charge on any atom is 0.153 e. The molecule has 0 saturated heterocycles. The highest BCUT2D eigenvalue weighted by Gasteiger charge is 2.08. The van der Waals surface area contributed by atoms with Gasteiger partial charge in [0.15, 0.2) is 6.29 Å². The summed E-state index contributed by atoms with van der Waals surface area (Å²) in [7, 11) is 1.53. The van der Waals surface area contributed by atoms with Crippen molar-refractivity contribution in [1.29, 1.82) is 0 Å². The second-order valence-corrected chi connectivity index (χ2v) is 3.75. The van der Waals surface area contributed by atoms with Crippen LogP contribution in [0.2, 0.25) is 0 Å². The lowest BCUT2D eigenvalue weighted by Gasteiger charge is -2.06. The van der Waals surface area contributed by atoms with Crippen molar-refractivity contribution in [2.75, 3.05) is 7.11 Å². The first kappa shape index (κ1) is 9.74. The number of carbonyl (C=O) groups excluding carboxylic acids is 1. The van der Waals surface area contributed by atoms with E-state index >= 15 is 0 Å². The molecule has 0 aromatic heterocycles. The molecule has 1 rings (SSSR count). The molecule has 2 nitrogen and oxygen atoms in total. The number of ether oxygens (including phenoxy) is 1. The molecular formula is C8H6Br2O2. The van der Waals surface area contributed by atoms with Crippen LogP contribution in [0.1, 0.15) is 10.4 Å². The van der Waals surface area contributed by atoms with E-state index < -0.39 is 0 Å². The van der Waals surface area contributed by atoms with Crippen LogP contribution in [0.5, 0.6) is 5.75 Å². The van der Waals surface area contributed by atoms with Crippen LogP contribution in [0.15, 0.2) is 21.1 Å². The van der Waals surface area contributed by atoms with Crippen molar-refractivity contribution < 1.29 is 9.53 Å². The molecule has 0 amide bonds. The Bertz CT molecular complexity index is 310. The van der Waals surface area contributed by atoms with Crippen LogP contribution in [-0.2, 0) is 0 Å². The van der Waals surface area contributed by atoms with Crippen LogP contribution in [-0.4, -0.2) is 13.4 Å². The number of carbonyl (C=O) groups is 1. The third-order valence-electron chi connectivity index (χ3n) is 1.41. The number of halogens is 2. The van der Waals surface area contributed by atoms with Crippen LogP contribution in [0, 0.1) is 0 Å². The van der Waals surface area contributed by atoms with Crippen LogP contribution in [0.4, 0.5) is 0 Å². The highest BCUT2D eigenvalue weighted by Crippen LogP contribution is 2.34. The Morgan fingerprint density at radius 3 is 2.58 bits per heavy atom. The van der Waals surface area contributed by atoms with Gasteiger partial charge in [-0.25, -0.2) is 0 Å². The largest absolute Gasteiger partial charge is 0.495 e. The van der Waals surface area contributed by atoms with Gasteiger partial charge in [0.2, 0.25) is 0 Å². The first-order chi connectivity index (χ1) is 5.70. The molecule has 1 aromatic carbocycles. The molecule has 0 atom stereocenters. The molecule has 0 aliphatic carbocycles. The summed E-state index contributed by atoms with van der Waals surface area (Å²) in [6.07, 6.45) is 0.760. The van der Waals surface area contributed by atoms with E-state index in [1.165, 1.54) is 7.11 Å². The van der Waals surface area contributed by atoms with Gasteiger partial charge in [-0.2, -0.15) is 0 Å². The standard InChI is InChI=1S/C8H6Br2O2/c1-12-8-5(4-11)2-3-6(9)7(8)10/h2-4H,1H3. The summed E-state index contributed by atoms with van der Waals surface area (Å²) in [6, 6.07) is 3.48. The first-order valence-electron chi connectivity index (χ1n) is 3.18. The molecule has 0 saturated carbocycles. The van der Waals surface area contributed by atoms with E-state index in [9.17, 15) is 4.79 Å². The van der Waals surface area contributed by atoms with Gasteiger partial charge in [-0.3, -0.25) is 4.79 Å². The second kappa shape index (κ2) is 4.05. The van der Waals surface area contributed by atoms with Crippen molar-refractivity contribution in [3.05, 3.63) is 26.6 Å². The fourth-order valence-corrected chi connectivity index (χ4v) is 1.68. The molecule has 0 aliphatic heterocycles. The van der Waals surface area contributed by atoms with Gasteiger partial charge in [-0.1, -0.05) is 0 Å². The van der Waals surface area contributed by atoms with E-state index in [4.69, 9.17) is 4.74 Å². The molecule has 64 valence electrons. The highest BCUT2D eigenvalue weighted by atomic mass is 79.9.